The summed E-state index contributed by atoms with van der Waals surface area (Å²) in [5, 5.41) is 33.8. The summed E-state index contributed by atoms with van der Waals surface area (Å²) in [4.78, 5) is 65.5. The number of aliphatic carboxylic acids is 3. The molecule has 46 heavy (non-hydrogen) atoms. The summed E-state index contributed by atoms with van der Waals surface area (Å²) < 4.78 is 1.87. The van der Waals surface area contributed by atoms with Crippen molar-refractivity contribution in [2.75, 3.05) is 32.7 Å². The smallest absolute Gasteiger partial charge is 0.336 e. The van der Waals surface area contributed by atoms with Crippen LogP contribution in [-0.4, -0.2) is 102 Å². The number of hydrogen-bond acceptors (Lipinski definition) is 8. The molecule has 1 aromatic carbocycles. The van der Waals surface area contributed by atoms with Crippen LogP contribution >= 0.6 is 0 Å². The first-order valence-electron chi connectivity index (χ1n) is 16.0. The van der Waals surface area contributed by atoms with Gasteiger partial charge in [-0.05, 0) is 56.6 Å². The van der Waals surface area contributed by atoms with Crippen LogP contribution in [0.25, 0.3) is 0 Å². The Labute approximate surface area is 267 Å². The van der Waals surface area contributed by atoms with E-state index < -0.39 is 36.4 Å². The van der Waals surface area contributed by atoms with E-state index in [1.54, 1.807) is 6.07 Å². The number of carbonyl (C=O) groups excluding carboxylic acids is 1. The van der Waals surface area contributed by atoms with Gasteiger partial charge in [0.15, 0.2) is 5.60 Å². The predicted molar refractivity (Wildman–Crippen MR) is 167 cm³/mol. The van der Waals surface area contributed by atoms with E-state index in [1.807, 2.05) is 9.47 Å². The first kappa shape index (κ1) is 34.8. The van der Waals surface area contributed by atoms with Crippen LogP contribution in [0.5, 0.6) is 0 Å². The summed E-state index contributed by atoms with van der Waals surface area (Å²) >= 11 is 0. The van der Waals surface area contributed by atoms with E-state index in [-0.39, 0.29) is 17.4 Å². The third-order valence-corrected chi connectivity index (χ3v) is 9.08. The van der Waals surface area contributed by atoms with Crippen molar-refractivity contribution in [1.82, 2.24) is 19.4 Å². The van der Waals surface area contributed by atoms with Crippen molar-refractivity contribution in [3.05, 3.63) is 63.8 Å². The Kier molecular flexibility index (Phi) is 12.1. The molecule has 5 rings (SSSR count). The van der Waals surface area contributed by atoms with E-state index in [9.17, 15) is 24.0 Å². The fourth-order valence-electron chi connectivity index (χ4n) is 6.57. The molecule has 13 heteroatoms. The summed E-state index contributed by atoms with van der Waals surface area (Å²) in [5.41, 5.74) is -0.299. The number of carboxylic acids is 3. The van der Waals surface area contributed by atoms with Crippen LogP contribution in [0.2, 0.25) is 0 Å². The number of benzene rings is 1. The molecule has 3 aliphatic rings. The summed E-state index contributed by atoms with van der Waals surface area (Å²) in [7, 11) is 0. The van der Waals surface area contributed by atoms with Gasteiger partial charge in [0.05, 0.1) is 25.1 Å². The van der Waals surface area contributed by atoms with Gasteiger partial charge in [0.2, 0.25) is 5.91 Å². The van der Waals surface area contributed by atoms with Crippen molar-refractivity contribution in [3.8, 4) is 0 Å². The molecule has 4 heterocycles. The minimum atomic E-state index is -2.74. The molecule has 4 N–H and O–H groups in total. The van der Waals surface area contributed by atoms with Crippen molar-refractivity contribution >= 4 is 23.8 Å². The third-order valence-electron chi connectivity index (χ3n) is 9.08. The fraction of sp³-hybridized carbons (Fsp3) is 0.576. The normalized spacial score (nSPS) is 19.2. The van der Waals surface area contributed by atoms with Gasteiger partial charge in [-0.15, -0.1) is 0 Å². The van der Waals surface area contributed by atoms with Crippen molar-refractivity contribution in [1.29, 1.82) is 0 Å². The molecule has 2 fully saturated rings. The number of carboxylic acid groups (broad SMARTS) is 3. The van der Waals surface area contributed by atoms with Gasteiger partial charge in [-0.1, -0.05) is 36.8 Å². The van der Waals surface area contributed by atoms with Gasteiger partial charge in [0, 0.05) is 44.6 Å². The third kappa shape index (κ3) is 9.46. The molecule has 13 nitrogen and oxygen atoms in total. The maximum Gasteiger partial charge on any atom is 0.336 e. The van der Waals surface area contributed by atoms with E-state index in [4.69, 9.17) is 25.4 Å². The van der Waals surface area contributed by atoms with Crippen LogP contribution in [0.3, 0.4) is 0 Å². The molecule has 3 aliphatic heterocycles. The summed E-state index contributed by atoms with van der Waals surface area (Å²) in [6, 6.07) is 12.5. The average molecular weight is 641 g/mol. The molecular weight excluding hydrogens is 596 g/mol. The molecule has 1 aromatic heterocycles. The fourth-order valence-corrected chi connectivity index (χ4v) is 6.57. The van der Waals surface area contributed by atoms with Crippen molar-refractivity contribution in [3.63, 3.8) is 0 Å². The standard InChI is InChI=1S/C27H36N4O2.C6H8O7/c32-26-18-24(28-25-11-5-2-6-15-31(25)26)22-12-16-30(17-13-22)27(33)20-29-14-7-10-23(19-29)21-8-3-1-4-9-21;7-3(8)1-6(13,5(11)12)2-4(9)10/h1,3-4,8-9,18,22-23H,2,5-7,10-17,19-20H2;13H,1-2H2,(H,7,8)(H,9,10)(H,11,12). The highest BCUT2D eigenvalue weighted by atomic mass is 16.4. The summed E-state index contributed by atoms with van der Waals surface area (Å²) in [6.45, 7) is 4.82. The Morgan fingerprint density at radius 1 is 0.826 bits per heavy atom. The molecule has 0 aliphatic carbocycles. The van der Waals surface area contributed by atoms with Crippen molar-refractivity contribution in [2.45, 2.75) is 88.2 Å². The number of aromatic nitrogens is 2. The molecule has 2 aromatic rings. The predicted octanol–water partition coefficient (Wildman–Crippen LogP) is 2.31. The number of piperidine rings is 2. The number of aryl methyl sites for hydroxylation is 1. The first-order valence-corrected chi connectivity index (χ1v) is 16.0. The molecule has 1 amide bonds. The molecule has 2 saturated heterocycles. The number of aliphatic hydroxyl groups is 1. The number of likely N-dealkylation sites (tertiary alicyclic amines) is 2. The van der Waals surface area contributed by atoms with E-state index in [1.165, 1.54) is 18.4 Å². The number of rotatable bonds is 9. The van der Waals surface area contributed by atoms with Crippen LogP contribution < -0.4 is 5.56 Å². The number of nitrogens with zero attached hydrogens (tertiary/aromatic N) is 4. The van der Waals surface area contributed by atoms with Crippen LogP contribution in [0, 0.1) is 0 Å². The van der Waals surface area contributed by atoms with Crippen LogP contribution in [-0.2, 0) is 32.1 Å². The second-order valence-electron chi connectivity index (χ2n) is 12.5. The van der Waals surface area contributed by atoms with E-state index >= 15 is 0 Å². The maximum atomic E-state index is 13.1. The maximum absolute atomic E-state index is 13.1. The van der Waals surface area contributed by atoms with E-state index in [0.717, 1.165) is 82.8 Å². The molecule has 0 bridgehead atoms. The van der Waals surface area contributed by atoms with Crippen LogP contribution in [0.1, 0.15) is 86.7 Å². The lowest BCUT2D eigenvalue weighted by Crippen LogP contribution is -2.46. The van der Waals surface area contributed by atoms with Gasteiger partial charge in [-0.3, -0.25) is 28.6 Å². The first-order chi connectivity index (χ1) is 21.9. The van der Waals surface area contributed by atoms with Crippen molar-refractivity contribution in [2.24, 2.45) is 0 Å². The quantitative estimate of drug-likeness (QED) is 0.315. The molecular formula is C33H44N4O9. The van der Waals surface area contributed by atoms with Gasteiger partial charge < -0.3 is 25.3 Å². The van der Waals surface area contributed by atoms with E-state index in [2.05, 4.69) is 35.2 Å². The average Bonchev–Trinajstić information content (AvgIpc) is 3.27. The molecule has 1 unspecified atom stereocenters. The lowest BCUT2D eigenvalue weighted by molar-refractivity contribution is -0.170. The Morgan fingerprint density at radius 2 is 1.50 bits per heavy atom. The topological polar surface area (TPSA) is 191 Å². The summed E-state index contributed by atoms with van der Waals surface area (Å²) in [6.07, 6.45) is 6.11. The largest absolute Gasteiger partial charge is 0.481 e. The molecule has 250 valence electrons. The highest BCUT2D eigenvalue weighted by molar-refractivity contribution is 5.88. The van der Waals surface area contributed by atoms with E-state index in [0.29, 0.717) is 12.5 Å². The second-order valence-corrected chi connectivity index (χ2v) is 12.5. The zero-order chi connectivity index (χ0) is 33.3. The van der Waals surface area contributed by atoms with Gasteiger partial charge in [0.25, 0.3) is 5.56 Å². The van der Waals surface area contributed by atoms with Gasteiger partial charge >= 0.3 is 17.9 Å². The molecule has 1 atom stereocenters. The Morgan fingerprint density at radius 3 is 2.13 bits per heavy atom. The lowest BCUT2D eigenvalue weighted by atomic mass is 9.90. The highest BCUT2D eigenvalue weighted by Gasteiger charge is 2.40. The van der Waals surface area contributed by atoms with Crippen LogP contribution in [0.15, 0.2) is 41.2 Å². The number of fused-ring (bicyclic) bond motifs is 1. The lowest BCUT2D eigenvalue weighted by Gasteiger charge is -2.36. The number of hydrogen-bond donors (Lipinski definition) is 4. The Balaban J connectivity index is 0.000000315. The molecule has 0 spiro atoms. The Bertz CT molecular complexity index is 1420. The monoisotopic (exact) mass is 640 g/mol. The highest BCUT2D eigenvalue weighted by Crippen LogP contribution is 2.29. The summed E-state index contributed by atoms with van der Waals surface area (Å²) in [5.74, 6) is -3.00. The zero-order valence-electron chi connectivity index (χ0n) is 26.1. The second kappa shape index (κ2) is 15.9. The minimum absolute atomic E-state index is 0.105. The number of carbonyl (C=O) groups is 4. The zero-order valence-corrected chi connectivity index (χ0v) is 26.1. The van der Waals surface area contributed by atoms with Gasteiger partial charge in [-0.2, -0.15) is 0 Å². The SMILES string of the molecule is O=C(CN1CCCC(c2ccccc2)C1)N1CCC(c2cc(=O)n3c(n2)CCCCC3)CC1.O=C(O)CC(O)(CC(=O)O)C(=O)O. The molecule has 0 radical (unpaired) electrons. The minimum Gasteiger partial charge on any atom is -0.481 e. The van der Waals surface area contributed by atoms with Crippen LogP contribution in [0.4, 0.5) is 0 Å². The molecule has 0 saturated carbocycles. The van der Waals surface area contributed by atoms with Gasteiger partial charge in [0.1, 0.15) is 5.82 Å². The van der Waals surface area contributed by atoms with Crippen molar-refractivity contribution < 1.29 is 39.6 Å². The van der Waals surface area contributed by atoms with Gasteiger partial charge in [-0.25, -0.2) is 9.78 Å². The number of amides is 1. The Hall–Kier alpha value is -4.10.